The summed E-state index contributed by atoms with van der Waals surface area (Å²) in [5.41, 5.74) is 1.31. The molecule has 0 aliphatic rings. The van der Waals surface area contributed by atoms with E-state index in [-0.39, 0.29) is 12.3 Å². The molecule has 152 valence electrons. The smallest absolute Gasteiger partial charge is 0.303 e. The lowest BCUT2D eigenvalue weighted by Gasteiger charge is -2.27. The molecule has 1 amide bonds. The van der Waals surface area contributed by atoms with Gasteiger partial charge < -0.3 is 10.0 Å². The summed E-state index contributed by atoms with van der Waals surface area (Å²) >= 11 is 0. The maximum Gasteiger partial charge on any atom is 0.303 e. The highest BCUT2D eigenvalue weighted by molar-refractivity contribution is 5.78. The van der Waals surface area contributed by atoms with Crippen molar-refractivity contribution in [1.29, 1.82) is 0 Å². The average molecular weight is 376 g/mol. The Morgan fingerprint density at radius 2 is 1.56 bits per heavy atom. The number of benzene rings is 1. The second kappa shape index (κ2) is 14.2. The fourth-order valence-electron chi connectivity index (χ4n) is 3.55. The number of nitrogens with zero attached hydrogens (tertiary/aromatic N) is 1. The molecule has 27 heavy (non-hydrogen) atoms. The van der Waals surface area contributed by atoms with Crippen LogP contribution in [0.5, 0.6) is 0 Å². The minimum Gasteiger partial charge on any atom is -0.481 e. The zero-order valence-electron chi connectivity index (χ0n) is 17.2. The van der Waals surface area contributed by atoms with E-state index in [1.807, 2.05) is 11.0 Å². The van der Waals surface area contributed by atoms with Crippen molar-refractivity contribution in [3.63, 3.8) is 0 Å². The van der Waals surface area contributed by atoms with Crippen molar-refractivity contribution >= 4 is 11.9 Å². The molecular weight excluding hydrogens is 338 g/mol. The Morgan fingerprint density at radius 1 is 0.926 bits per heavy atom. The van der Waals surface area contributed by atoms with Gasteiger partial charge in [0.25, 0.3) is 0 Å². The number of carbonyl (C=O) groups is 2. The van der Waals surface area contributed by atoms with Gasteiger partial charge in [0.15, 0.2) is 0 Å². The molecule has 0 bridgehead atoms. The van der Waals surface area contributed by atoms with Crippen LogP contribution in [0.25, 0.3) is 0 Å². The van der Waals surface area contributed by atoms with Crippen molar-refractivity contribution in [2.75, 3.05) is 13.1 Å². The number of rotatable bonds is 15. The Kier molecular flexibility index (Phi) is 12.2. The molecule has 0 unspecified atom stereocenters. The summed E-state index contributed by atoms with van der Waals surface area (Å²) in [5, 5.41) is 8.76. The first-order chi connectivity index (χ1) is 13.1. The Hall–Kier alpha value is -1.84. The lowest BCUT2D eigenvalue weighted by atomic mass is 9.96. The zero-order valence-corrected chi connectivity index (χ0v) is 17.2. The summed E-state index contributed by atoms with van der Waals surface area (Å²) in [6, 6.07) is 10.4. The maximum absolute atomic E-state index is 13.1. The highest BCUT2D eigenvalue weighted by atomic mass is 16.4. The summed E-state index contributed by atoms with van der Waals surface area (Å²) in [7, 11) is 0. The van der Waals surface area contributed by atoms with Gasteiger partial charge in [-0.15, -0.1) is 0 Å². The zero-order chi connectivity index (χ0) is 19.9. The first-order valence-corrected chi connectivity index (χ1v) is 10.6. The molecule has 0 aliphatic heterocycles. The number of hydrogen-bond acceptors (Lipinski definition) is 2. The van der Waals surface area contributed by atoms with E-state index >= 15 is 0 Å². The van der Waals surface area contributed by atoms with E-state index in [1.165, 1.54) is 5.56 Å². The van der Waals surface area contributed by atoms with Crippen LogP contribution in [0.4, 0.5) is 0 Å². The normalized spacial score (nSPS) is 10.9. The Labute approximate surface area is 165 Å². The number of unbranched alkanes of at least 4 members (excludes halogenated alkanes) is 2. The molecule has 0 heterocycles. The molecule has 0 aromatic heterocycles. The summed E-state index contributed by atoms with van der Waals surface area (Å²) in [6.07, 6.45) is 8.59. The number of carboxylic acids is 1. The summed E-state index contributed by atoms with van der Waals surface area (Å²) in [6.45, 7) is 5.82. The van der Waals surface area contributed by atoms with Crippen molar-refractivity contribution < 1.29 is 14.7 Å². The summed E-state index contributed by atoms with van der Waals surface area (Å²) < 4.78 is 0. The van der Waals surface area contributed by atoms with Crippen LogP contribution in [0.1, 0.15) is 77.2 Å². The van der Waals surface area contributed by atoms with Gasteiger partial charge in [0.2, 0.25) is 5.91 Å². The second-order valence-electron chi connectivity index (χ2n) is 7.39. The highest BCUT2D eigenvalue weighted by Gasteiger charge is 2.22. The van der Waals surface area contributed by atoms with Gasteiger partial charge in [0, 0.05) is 25.4 Å². The third-order valence-electron chi connectivity index (χ3n) is 4.99. The second-order valence-corrected chi connectivity index (χ2v) is 7.39. The minimum absolute atomic E-state index is 0.135. The van der Waals surface area contributed by atoms with Gasteiger partial charge >= 0.3 is 5.97 Å². The molecule has 4 heteroatoms. The first-order valence-electron chi connectivity index (χ1n) is 10.6. The predicted octanol–water partition coefficient (Wildman–Crippen LogP) is 5.31. The topological polar surface area (TPSA) is 57.6 Å². The Balaban J connectivity index is 2.57. The van der Waals surface area contributed by atoms with E-state index in [4.69, 9.17) is 5.11 Å². The molecule has 0 saturated heterocycles. The van der Waals surface area contributed by atoms with E-state index in [1.54, 1.807) is 0 Å². The standard InChI is InChI=1S/C23H37NO3/c1-3-12-21(13-4-2)23(27)24(18-10-6-9-17-22(25)26)19-11-16-20-14-7-5-8-15-20/h5,7-8,14-15,21H,3-4,6,9-13,16-19H2,1-2H3,(H,25,26). The molecule has 1 aromatic rings. The fourth-order valence-corrected chi connectivity index (χ4v) is 3.55. The Bertz CT molecular complexity index is 524. The lowest BCUT2D eigenvalue weighted by molar-refractivity contribution is -0.138. The third kappa shape index (κ3) is 10.2. The molecule has 0 spiro atoms. The van der Waals surface area contributed by atoms with Crippen LogP contribution >= 0.6 is 0 Å². The Morgan fingerprint density at radius 3 is 2.15 bits per heavy atom. The first kappa shape index (κ1) is 23.2. The largest absolute Gasteiger partial charge is 0.481 e. The molecule has 0 fully saturated rings. The van der Waals surface area contributed by atoms with Crippen molar-refractivity contribution in [1.82, 2.24) is 4.90 Å². The quantitative estimate of drug-likeness (QED) is 0.423. The SMILES string of the molecule is CCCC(CCC)C(=O)N(CCCCCC(=O)O)CCCc1ccccc1. The number of aliphatic carboxylic acids is 1. The van der Waals surface area contributed by atoms with E-state index in [2.05, 4.69) is 38.1 Å². The molecule has 4 nitrogen and oxygen atoms in total. The van der Waals surface area contributed by atoms with Crippen molar-refractivity contribution in [2.45, 2.75) is 78.1 Å². The van der Waals surface area contributed by atoms with Crippen molar-refractivity contribution in [3.05, 3.63) is 35.9 Å². The van der Waals surface area contributed by atoms with Crippen LogP contribution in [0.2, 0.25) is 0 Å². The van der Waals surface area contributed by atoms with Crippen LogP contribution in [-0.4, -0.2) is 35.0 Å². The van der Waals surface area contributed by atoms with Crippen LogP contribution in [0.15, 0.2) is 30.3 Å². The molecule has 1 N–H and O–H groups in total. The lowest BCUT2D eigenvalue weighted by Crippen LogP contribution is -2.38. The van der Waals surface area contributed by atoms with E-state index in [0.717, 1.165) is 64.5 Å². The van der Waals surface area contributed by atoms with E-state index in [0.29, 0.717) is 12.3 Å². The average Bonchev–Trinajstić information content (AvgIpc) is 2.66. The van der Waals surface area contributed by atoms with Crippen LogP contribution in [-0.2, 0) is 16.0 Å². The van der Waals surface area contributed by atoms with Gasteiger partial charge in [-0.25, -0.2) is 0 Å². The molecule has 1 rings (SSSR count). The minimum atomic E-state index is -0.739. The fraction of sp³-hybridized carbons (Fsp3) is 0.652. The number of hydrogen-bond donors (Lipinski definition) is 1. The summed E-state index contributed by atoms with van der Waals surface area (Å²) in [5.74, 6) is -0.308. The number of carboxylic acid groups (broad SMARTS) is 1. The van der Waals surface area contributed by atoms with Gasteiger partial charge in [-0.1, -0.05) is 63.4 Å². The van der Waals surface area contributed by atoms with Gasteiger partial charge in [0.05, 0.1) is 0 Å². The number of carbonyl (C=O) groups excluding carboxylic acids is 1. The molecule has 0 atom stereocenters. The molecular formula is C23H37NO3. The number of aryl methyl sites for hydroxylation is 1. The van der Waals surface area contributed by atoms with Gasteiger partial charge in [-0.3, -0.25) is 9.59 Å². The van der Waals surface area contributed by atoms with Gasteiger partial charge in [-0.2, -0.15) is 0 Å². The van der Waals surface area contributed by atoms with E-state index in [9.17, 15) is 9.59 Å². The van der Waals surface area contributed by atoms with Gasteiger partial charge in [0.1, 0.15) is 0 Å². The maximum atomic E-state index is 13.1. The molecule has 0 saturated carbocycles. The summed E-state index contributed by atoms with van der Waals surface area (Å²) in [4.78, 5) is 25.8. The monoisotopic (exact) mass is 375 g/mol. The van der Waals surface area contributed by atoms with Crippen molar-refractivity contribution in [3.8, 4) is 0 Å². The molecule has 0 radical (unpaired) electrons. The van der Waals surface area contributed by atoms with Crippen LogP contribution in [0.3, 0.4) is 0 Å². The number of amides is 1. The van der Waals surface area contributed by atoms with Gasteiger partial charge in [-0.05, 0) is 44.1 Å². The molecule has 1 aromatic carbocycles. The predicted molar refractivity (Wildman–Crippen MR) is 111 cm³/mol. The van der Waals surface area contributed by atoms with E-state index < -0.39 is 5.97 Å². The highest BCUT2D eigenvalue weighted by Crippen LogP contribution is 2.18. The van der Waals surface area contributed by atoms with Crippen molar-refractivity contribution in [2.24, 2.45) is 5.92 Å². The molecule has 0 aliphatic carbocycles. The third-order valence-corrected chi connectivity index (χ3v) is 4.99. The van der Waals surface area contributed by atoms with Crippen LogP contribution < -0.4 is 0 Å². The van der Waals surface area contributed by atoms with Crippen LogP contribution in [0, 0.1) is 5.92 Å².